The molecule has 2 fully saturated rings. The molecular formula is C32H45FN4O10. The van der Waals surface area contributed by atoms with E-state index in [1.165, 1.54) is 12.1 Å². The molecular weight excluding hydrogens is 619 g/mol. The monoisotopic (exact) mass is 664 g/mol. The Hall–Kier alpha value is -4.53. The van der Waals surface area contributed by atoms with Crippen LogP contribution in [0.15, 0.2) is 48.5 Å². The van der Waals surface area contributed by atoms with E-state index in [4.69, 9.17) is 14.2 Å². The molecule has 0 radical (unpaired) electrons. The molecule has 0 spiro atoms. The zero-order valence-electron chi connectivity index (χ0n) is 28.1. The van der Waals surface area contributed by atoms with Crippen molar-refractivity contribution in [3.05, 3.63) is 74.6 Å². The Bertz CT molecular complexity index is 1390. The number of hydrogen-bond donors (Lipinski definition) is 1. The van der Waals surface area contributed by atoms with Gasteiger partial charge in [0.2, 0.25) is 0 Å². The molecule has 47 heavy (non-hydrogen) atoms. The molecule has 1 N–H and O–H groups in total. The normalized spacial score (nSPS) is 20.6. The first kappa shape index (κ1) is 38.7. The number of ether oxygens (including phenoxy) is 3. The van der Waals surface area contributed by atoms with E-state index in [9.17, 15) is 39.3 Å². The highest BCUT2D eigenvalue weighted by Gasteiger charge is 2.40. The minimum atomic E-state index is -0.753. The van der Waals surface area contributed by atoms with Gasteiger partial charge >= 0.3 is 12.2 Å². The van der Waals surface area contributed by atoms with Gasteiger partial charge in [-0.25, -0.2) is 14.0 Å². The average molecular weight is 665 g/mol. The van der Waals surface area contributed by atoms with E-state index in [-0.39, 0.29) is 23.6 Å². The molecule has 14 nitrogen and oxygen atoms in total. The minimum absolute atomic E-state index is 0.0179. The van der Waals surface area contributed by atoms with Gasteiger partial charge in [-0.2, -0.15) is 0 Å². The number of hydrogen-bond acceptors (Lipinski definition) is 10. The number of carbonyl (C=O) groups is 2. The van der Waals surface area contributed by atoms with Gasteiger partial charge in [0.15, 0.2) is 0 Å². The summed E-state index contributed by atoms with van der Waals surface area (Å²) in [5, 5.41) is 30.3. The van der Waals surface area contributed by atoms with E-state index < -0.39 is 38.1 Å². The third-order valence-corrected chi connectivity index (χ3v) is 6.64. The zero-order chi connectivity index (χ0) is 35.8. The predicted octanol–water partition coefficient (Wildman–Crippen LogP) is 6.49. The highest BCUT2D eigenvalue weighted by atomic mass is 19.1. The number of carbonyl (C=O) groups excluding carboxylic acids is 2. The molecule has 4 rings (SSSR count). The van der Waals surface area contributed by atoms with Crippen molar-refractivity contribution in [1.82, 2.24) is 9.80 Å². The smallest absolute Gasteiger partial charge is 0.410 e. The standard InChI is InChI=1S/C16H22N2O5.C10H19NO3.C6H4FNO2/c1-15(2,3)23-14(19)17-10-9-16(4,11-17)22-13-7-5-12(6-8-13)18(20)21;1-9(2,3)14-8(12)11-6-5-10(4,13)7-11;7-5-1-3-6(4-2-5)8(9)10/h5-8H,9-11H2,1-4H3;13H,5-7H2,1-4H3;1-4H. The van der Waals surface area contributed by atoms with E-state index in [2.05, 4.69) is 0 Å². The molecule has 15 heteroatoms. The van der Waals surface area contributed by atoms with Crippen molar-refractivity contribution in [3.8, 4) is 5.75 Å². The number of likely N-dealkylation sites (tertiary alicyclic amines) is 2. The number of nitro benzene ring substituents is 2. The van der Waals surface area contributed by atoms with Crippen LogP contribution in [0.1, 0.15) is 68.2 Å². The van der Waals surface area contributed by atoms with E-state index in [1.807, 2.05) is 48.5 Å². The second-order valence-electron chi connectivity index (χ2n) is 13.8. The number of β-amino-alcohol motifs (C(OH)–C–C–N with tert-alkyl or cyclic N) is 1. The molecule has 2 unspecified atom stereocenters. The maximum absolute atomic E-state index is 12.1. The zero-order valence-corrected chi connectivity index (χ0v) is 28.1. The van der Waals surface area contributed by atoms with Crippen LogP contribution in [0.5, 0.6) is 5.75 Å². The van der Waals surface area contributed by atoms with Gasteiger partial charge in [0.1, 0.15) is 28.4 Å². The van der Waals surface area contributed by atoms with Crippen molar-refractivity contribution < 1.29 is 43.1 Å². The lowest BCUT2D eigenvalue weighted by molar-refractivity contribution is -0.385. The van der Waals surface area contributed by atoms with Gasteiger partial charge in [-0.3, -0.25) is 20.2 Å². The maximum atomic E-state index is 12.1. The van der Waals surface area contributed by atoms with Gasteiger partial charge in [-0.15, -0.1) is 0 Å². The van der Waals surface area contributed by atoms with Crippen LogP contribution < -0.4 is 4.74 Å². The molecule has 2 aliphatic heterocycles. The van der Waals surface area contributed by atoms with Gasteiger partial charge in [0, 0.05) is 43.8 Å². The summed E-state index contributed by atoms with van der Waals surface area (Å²) in [6.07, 6.45) is 0.596. The Morgan fingerprint density at radius 2 is 1.17 bits per heavy atom. The minimum Gasteiger partial charge on any atom is -0.486 e. The number of nitro groups is 2. The van der Waals surface area contributed by atoms with Crippen molar-refractivity contribution in [2.75, 3.05) is 26.2 Å². The van der Waals surface area contributed by atoms with E-state index in [0.717, 1.165) is 24.3 Å². The van der Waals surface area contributed by atoms with Crippen molar-refractivity contribution in [3.63, 3.8) is 0 Å². The SMILES string of the molecule is CC(C)(C)OC(=O)N1CCC(C)(Oc2ccc([N+](=O)[O-])cc2)C1.CC1(O)CCN(C(=O)OC(C)(C)C)C1.O=[N+]([O-])c1ccc(F)cc1. The Kier molecular flexibility index (Phi) is 12.6. The fourth-order valence-electron chi connectivity index (χ4n) is 4.41. The van der Waals surface area contributed by atoms with Crippen molar-refractivity contribution >= 4 is 23.6 Å². The van der Waals surface area contributed by atoms with Gasteiger partial charge in [0.25, 0.3) is 11.4 Å². The topological polar surface area (TPSA) is 175 Å². The molecule has 2 heterocycles. The number of halogens is 1. The Morgan fingerprint density at radius 3 is 1.55 bits per heavy atom. The van der Waals surface area contributed by atoms with E-state index in [1.54, 1.807) is 28.9 Å². The number of rotatable bonds is 4. The molecule has 2 saturated heterocycles. The third-order valence-electron chi connectivity index (χ3n) is 6.64. The number of amides is 2. The second-order valence-corrected chi connectivity index (χ2v) is 13.8. The Balaban J connectivity index is 0.000000271. The summed E-state index contributed by atoms with van der Waals surface area (Å²) in [4.78, 5) is 46.4. The van der Waals surface area contributed by atoms with Crippen LogP contribution >= 0.6 is 0 Å². The summed E-state index contributed by atoms with van der Waals surface area (Å²) in [6, 6.07) is 10.3. The summed E-state index contributed by atoms with van der Waals surface area (Å²) >= 11 is 0. The molecule has 2 amide bonds. The Morgan fingerprint density at radius 1 is 0.766 bits per heavy atom. The van der Waals surface area contributed by atoms with Gasteiger partial charge in [-0.1, -0.05) is 0 Å². The Labute approximate surface area is 273 Å². The van der Waals surface area contributed by atoms with Gasteiger partial charge in [0.05, 0.1) is 28.5 Å². The molecule has 0 aromatic heterocycles. The van der Waals surface area contributed by atoms with Gasteiger partial charge in [-0.05, 0) is 86.1 Å². The molecule has 260 valence electrons. The molecule has 2 aromatic carbocycles. The number of non-ortho nitro benzene ring substituents is 2. The molecule has 0 saturated carbocycles. The molecule has 2 aliphatic rings. The summed E-state index contributed by atoms with van der Waals surface area (Å²) in [5.74, 6) is 0.0785. The van der Waals surface area contributed by atoms with E-state index in [0.29, 0.717) is 44.8 Å². The predicted molar refractivity (Wildman–Crippen MR) is 171 cm³/mol. The third kappa shape index (κ3) is 13.8. The lowest BCUT2D eigenvalue weighted by Crippen LogP contribution is -2.40. The maximum Gasteiger partial charge on any atom is 0.410 e. The molecule has 2 aromatic rings. The van der Waals surface area contributed by atoms with Crippen molar-refractivity contribution in [2.45, 2.75) is 90.6 Å². The quantitative estimate of drug-likeness (QED) is 0.281. The van der Waals surface area contributed by atoms with Crippen LogP contribution in [0.3, 0.4) is 0 Å². The summed E-state index contributed by atoms with van der Waals surface area (Å²) in [5.41, 5.74) is -2.36. The first-order valence-corrected chi connectivity index (χ1v) is 15.0. The van der Waals surface area contributed by atoms with Crippen LogP contribution in [-0.2, 0) is 9.47 Å². The first-order valence-electron chi connectivity index (χ1n) is 15.0. The molecule has 2 atom stereocenters. The second kappa shape index (κ2) is 15.4. The van der Waals surface area contributed by atoms with Crippen molar-refractivity contribution in [1.29, 1.82) is 0 Å². The average Bonchev–Trinajstić information content (AvgIpc) is 3.50. The highest BCUT2D eigenvalue weighted by Crippen LogP contribution is 2.30. The number of nitrogens with zero attached hydrogens (tertiary/aromatic N) is 4. The lowest BCUT2D eigenvalue weighted by atomic mass is 10.1. The summed E-state index contributed by atoms with van der Waals surface area (Å²) in [6.45, 7) is 16.5. The number of aliphatic hydroxyl groups is 1. The highest BCUT2D eigenvalue weighted by molar-refractivity contribution is 5.69. The van der Waals surface area contributed by atoms with Crippen LogP contribution in [0.25, 0.3) is 0 Å². The molecule has 0 aliphatic carbocycles. The lowest BCUT2D eigenvalue weighted by Gasteiger charge is -2.28. The van der Waals surface area contributed by atoms with Crippen LogP contribution in [0.4, 0.5) is 25.4 Å². The summed E-state index contributed by atoms with van der Waals surface area (Å²) < 4.78 is 28.6. The summed E-state index contributed by atoms with van der Waals surface area (Å²) in [7, 11) is 0. The molecule has 0 bridgehead atoms. The van der Waals surface area contributed by atoms with Gasteiger partial charge < -0.3 is 29.1 Å². The largest absolute Gasteiger partial charge is 0.486 e. The first-order chi connectivity index (χ1) is 21.5. The fraction of sp³-hybridized carbons (Fsp3) is 0.562. The number of benzene rings is 2. The van der Waals surface area contributed by atoms with Crippen LogP contribution in [0.2, 0.25) is 0 Å². The fourth-order valence-corrected chi connectivity index (χ4v) is 4.41. The van der Waals surface area contributed by atoms with Crippen LogP contribution in [0, 0.1) is 26.0 Å². The van der Waals surface area contributed by atoms with E-state index >= 15 is 0 Å². The van der Waals surface area contributed by atoms with Crippen LogP contribution in [-0.4, -0.2) is 85.5 Å². The van der Waals surface area contributed by atoms with Crippen molar-refractivity contribution in [2.24, 2.45) is 0 Å².